The monoisotopic (exact) mass is 328 g/mol. The van der Waals surface area contributed by atoms with Crippen molar-refractivity contribution < 1.29 is 19.4 Å². The molecular weight excluding hydrogens is 304 g/mol. The molecule has 1 heterocycles. The molecule has 1 aliphatic heterocycles. The Morgan fingerprint density at radius 3 is 2.67 bits per heavy atom. The minimum Gasteiger partial charge on any atom is -0.505 e. The van der Waals surface area contributed by atoms with Gasteiger partial charge in [0.25, 0.3) is 0 Å². The van der Waals surface area contributed by atoms with Gasteiger partial charge in [0.2, 0.25) is 5.78 Å². The topological polar surface area (TPSA) is 63.6 Å². The number of ether oxygens (including phenoxy) is 1. The molecule has 1 saturated carbocycles. The zero-order chi connectivity index (χ0) is 17.4. The van der Waals surface area contributed by atoms with Crippen molar-refractivity contribution in [3.63, 3.8) is 0 Å². The molecule has 4 heteroatoms. The summed E-state index contributed by atoms with van der Waals surface area (Å²) in [5, 5.41) is 10.3. The molecule has 1 N–H and O–H groups in total. The lowest BCUT2D eigenvalue weighted by Gasteiger charge is -2.56. The zero-order valence-electron chi connectivity index (χ0n) is 14.7. The lowest BCUT2D eigenvalue weighted by atomic mass is 9.47. The predicted molar refractivity (Wildman–Crippen MR) is 89.1 cm³/mol. The van der Waals surface area contributed by atoms with Crippen LogP contribution < -0.4 is 0 Å². The van der Waals surface area contributed by atoms with Crippen molar-refractivity contribution >= 4 is 11.8 Å². The van der Waals surface area contributed by atoms with Crippen LogP contribution in [0.2, 0.25) is 0 Å². The third kappa shape index (κ3) is 1.80. The maximum absolute atomic E-state index is 12.5. The van der Waals surface area contributed by atoms with Crippen molar-refractivity contribution in [1.29, 1.82) is 0 Å². The fraction of sp³-hybridized carbons (Fsp3) is 0.600. The predicted octanol–water partition coefficient (Wildman–Crippen LogP) is 3.64. The molecule has 1 fully saturated rings. The smallest absolute Gasteiger partial charge is 0.334 e. The van der Waals surface area contributed by atoms with Gasteiger partial charge in [0.1, 0.15) is 6.10 Å². The van der Waals surface area contributed by atoms with Gasteiger partial charge in [0.05, 0.1) is 0 Å². The fourth-order valence-corrected chi connectivity index (χ4v) is 5.64. The minimum atomic E-state index is -0.572. The Hall–Kier alpha value is -1.84. The molecule has 0 radical (unpaired) electrons. The molecule has 0 saturated heterocycles. The van der Waals surface area contributed by atoms with E-state index in [-0.39, 0.29) is 40.9 Å². The Kier molecular flexibility index (Phi) is 3.02. The first kappa shape index (κ1) is 15.7. The van der Waals surface area contributed by atoms with Gasteiger partial charge < -0.3 is 9.84 Å². The molecule has 0 spiro atoms. The highest BCUT2D eigenvalue weighted by atomic mass is 16.5. The van der Waals surface area contributed by atoms with E-state index in [1.165, 1.54) is 5.57 Å². The van der Waals surface area contributed by atoms with Crippen molar-refractivity contribution in [1.82, 2.24) is 0 Å². The third-order valence-electron chi connectivity index (χ3n) is 6.93. The van der Waals surface area contributed by atoms with Crippen LogP contribution in [0.3, 0.4) is 0 Å². The van der Waals surface area contributed by atoms with Crippen LogP contribution in [0.4, 0.5) is 0 Å². The van der Waals surface area contributed by atoms with E-state index in [0.29, 0.717) is 0 Å². The fourth-order valence-electron chi connectivity index (χ4n) is 5.64. The number of allylic oxidation sites excluding steroid dienone is 3. The molecule has 4 atom stereocenters. The number of Topliss-reactive ketones (excluding diaryl/α,β-unsaturated/α-hetero) is 1. The standard InChI is InChI=1S/C20H24O4/c1-10-12-7-11-5-6-16-19(2,3)17(22)14(21)9-20(16,4)13(11)8-15(12)24-18(10)23/h7,9,13,15-16,21H,5-6,8H2,1-4H3/t13-,15-,16-,20+/m1/s1. The number of aliphatic hydroxyl groups is 1. The number of ketones is 1. The van der Waals surface area contributed by atoms with Crippen molar-refractivity contribution in [2.75, 3.05) is 0 Å². The average Bonchev–Trinajstić information content (AvgIpc) is 2.78. The van der Waals surface area contributed by atoms with Crippen molar-refractivity contribution in [2.24, 2.45) is 22.7 Å². The molecule has 128 valence electrons. The van der Waals surface area contributed by atoms with Gasteiger partial charge >= 0.3 is 5.97 Å². The molecule has 0 unspecified atom stereocenters. The van der Waals surface area contributed by atoms with E-state index in [1.54, 1.807) is 6.08 Å². The summed E-state index contributed by atoms with van der Waals surface area (Å²) >= 11 is 0. The summed E-state index contributed by atoms with van der Waals surface area (Å²) in [7, 11) is 0. The average molecular weight is 328 g/mol. The van der Waals surface area contributed by atoms with Crippen LogP contribution in [0.5, 0.6) is 0 Å². The second-order valence-corrected chi connectivity index (χ2v) is 8.52. The van der Waals surface area contributed by atoms with Crippen molar-refractivity contribution in [3.8, 4) is 0 Å². The second-order valence-electron chi connectivity index (χ2n) is 8.52. The normalized spacial score (nSPS) is 40.2. The number of hydrogen-bond donors (Lipinski definition) is 1. The summed E-state index contributed by atoms with van der Waals surface area (Å²) in [4.78, 5) is 24.4. The summed E-state index contributed by atoms with van der Waals surface area (Å²) in [5.74, 6) is -0.111. The highest BCUT2D eigenvalue weighted by Gasteiger charge is 2.58. The van der Waals surface area contributed by atoms with E-state index in [1.807, 2.05) is 20.8 Å². The summed E-state index contributed by atoms with van der Waals surface area (Å²) in [6.45, 7) is 7.88. The Bertz CT molecular complexity index is 752. The quantitative estimate of drug-likeness (QED) is 0.690. The van der Waals surface area contributed by atoms with Gasteiger partial charge in [-0.2, -0.15) is 0 Å². The lowest BCUT2D eigenvalue weighted by Crippen LogP contribution is -2.53. The van der Waals surface area contributed by atoms with Crippen LogP contribution in [-0.2, 0) is 14.3 Å². The molecule has 0 aromatic rings. The van der Waals surface area contributed by atoms with Crippen molar-refractivity contribution in [3.05, 3.63) is 34.6 Å². The van der Waals surface area contributed by atoms with Gasteiger partial charge in [-0.15, -0.1) is 0 Å². The molecule has 0 amide bonds. The van der Waals surface area contributed by atoms with Gasteiger partial charge in [-0.25, -0.2) is 4.79 Å². The molecule has 24 heavy (non-hydrogen) atoms. The summed E-state index contributed by atoms with van der Waals surface area (Å²) < 4.78 is 5.54. The Labute approximate surface area is 142 Å². The van der Waals surface area contributed by atoms with E-state index in [0.717, 1.165) is 30.4 Å². The van der Waals surface area contributed by atoms with Crippen LogP contribution in [0.25, 0.3) is 0 Å². The Morgan fingerprint density at radius 2 is 1.96 bits per heavy atom. The van der Waals surface area contributed by atoms with Crippen molar-refractivity contribution in [2.45, 2.75) is 53.1 Å². The Balaban J connectivity index is 1.82. The molecule has 3 aliphatic carbocycles. The van der Waals surface area contributed by atoms with Crippen LogP contribution >= 0.6 is 0 Å². The number of rotatable bonds is 0. The summed E-state index contributed by atoms with van der Waals surface area (Å²) in [5.41, 5.74) is 2.20. The first-order valence-corrected chi connectivity index (χ1v) is 8.75. The van der Waals surface area contributed by atoms with Crippen LogP contribution in [-0.4, -0.2) is 23.0 Å². The number of hydrogen-bond acceptors (Lipinski definition) is 4. The number of aliphatic hydroxyl groups excluding tert-OH is 1. The van der Waals surface area contributed by atoms with E-state index in [4.69, 9.17) is 4.74 Å². The number of carbonyl (C=O) groups is 2. The maximum Gasteiger partial charge on any atom is 0.334 e. The lowest BCUT2D eigenvalue weighted by molar-refractivity contribution is -0.141. The first-order chi connectivity index (χ1) is 11.2. The zero-order valence-corrected chi connectivity index (χ0v) is 14.7. The molecule has 4 rings (SSSR count). The van der Waals surface area contributed by atoms with Gasteiger partial charge in [-0.1, -0.05) is 32.4 Å². The molecule has 4 aliphatic rings. The summed E-state index contributed by atoms with van der Waals surface area (Å²) in [6.07, 6.45) is 6.35. The SMILES string of the molecule is CC1=C2C=C3CC[C@@H]4C(C)(C)C(=O)C(O)=C[C@@]4(C)[C@@H]3C[C@H]2OC1=O. The van der Waals surface area contributed by atoms with E-state index in [2.05, 4.69) is 13.0 Å². The molecule has 0 aromatic heterocycles. The largest absolute Gasteiger partial charge is 0.505 e. The molecule has 4 nitrogen and oxygen atoms in total. The van der Waals surface area contributed by atoms with E-state index >= 15 is 0 Å². The number of carbonyl (C=O) groups excluding carboxylic acids is 2. The van der Waals surface area contributed by atoms with E-state index < -0.39 is 5.41 Å². The highest BCUT2D eigenvalue weighted by molar-refractivity contribution is 5.99. The third-order valence-corrected chi connectivity index (χ3v) is 6.93. The van der Waals surface area contributed by atoms with Crippen LogP contribution in [0.1, 0.15) is 47.0 Å². The highest BCUT2D eigenvalue weighted by Crippen LogP contribution is 2.61. The molecular formula is C20H24O4. The maximum atomic E-state index is 12.5. The van der Waals surface area contributed by atoms with Gasteiger partial charge in [0, 0.05) is 16.6 Å². The number of esters is 1. The summed E-state index contributed by atoms with van der Waals surface area (Å²) in [6, 6.07) is 0. The van der Waals surface area contributed by atoms with Gasteiger partial charge in [-0.05, 0) is 49.5 Å². The van der Waals surface area contributed by atoms with Gasteiger partial charge in [-0.3, -0.25) is 4.79 Å². The van der Waals surface area contributed by atoms with Crippen LogP contribution in [0, 0.1) is 22.7 Å². The molecule has 0 aromatic carbocycles. The first-order valence-electron chi connectivity index (χ1n) is 8.75. The van der Waals surface area contributed by atoms with Crippen LogP contribution in [0.15, 0.2) is 34.6 Å². The second kappa shape index (κ2) is 4.62. The van der Waals surface area contributed by atoms with Gasteiger partial charge in [0.15, 0.2) is 5.76 Å². The number of fused-ring (bicyclic) bond motifs is 4. The molecule has 0 bridgehead atoms. The minimum absolute atomic E-state index is 0.110. The van der Waals surface area contributed by atoms with E-state index in [9.17, 15) is 14.7 Å². The Morgan fingerprint density at radius 1 is 1.25 bits per heavy atom.